The van der Waals surface area contributed by atoms with Gasteiger partial charge < -0.3 is 15.0 Å². The van der Waals surface area contributed by atoms with E-state index in [9.17, 15) is 0 Å². The molecule has 0 bridgehead atoms. The predicted molar refractivity (Wildman–Crippen MR) is 75.3 cm³/mol. The first-order valence-corrected chi connectivity index (χ1v) is 6.93. The van der Waals surface area contributed by atoms with Crippen LogP contribution >= 0.6 is 0 Å². The minimum Gasteiger partial charge on any atom is -0.384 e. The topological polar surface area (TPSA) is 37.4 Å². The van der Waals surface area contributed by atoms with Gasteiger partial charge in [0.15, 0.2) is 0 Å². The normalized spacial score (nSPS) is 15.7. The lowest BCUT2D eigenvalue weighted by atomic mass is 10.2. The Labute approximate surface area is 109 Å². The van der Waals surface area contributed by atoms with E-state index in [1.807, 2.05) is 6.20 Å². The molecule has 2 heterocycles. The predicted octanol–water partition coefficient (Wildman–Crippen LogP) is 2.52. The van der Waals surface area contributed by atoms with Gasteiger partial charge in [-0.15, -0.1) is 0 Å². The Morgan fingerprint density at radius 2 is 2.11 bits per heavy atom. The van der Waals surface area contributed by atoms with Crippen LogP contribution in [0.3, 0.4) is 0 Å². The van der Waals surface area contributed by atoms with Gasteiger partial charge in [0.05, 0.1) is 25.1 Å². The minimum atomic E-state index is 0.804. The molecule has 0 amide bonds. The summed E-state index contributed by atoms with van der Waals surface area (Å²) in [7, 11) is 0. The second kappa shape index (κ2) is 7.21. The van der Waals surface area contributed by atoms with Crippen molar-refractivity contribution in [2.75, 3.05) is 43.1 Å². The van der Waals surface area contributed by atoms with Crippen molar-refractivity contribution in [3.8, 4) is 0 Å². The molecule has 1 aliphatic rings. The molecule has 1 aliphatic heterocycles. The highest BCUT2D eigenvalue weighted by Gasteiger charge is 2.11. The maximum atomic E-state index is 5.34. The van der Waals surface area contributed by atoms with E-state index in [1.165, 1.54) is 19.3 Å². The Morgan fingerprint density at radius 3 is 2.78 bits per heavy atom. The molecule has 4 heteroatoms. The van der Waals surface area contributed by atoms with Gasteiger partial charge in [-0.3, -0.25) is 0 Å². The first-order valence-electron chi connectivity index (χ1n) is 6.93. The van der Waals surface area contributed by atoms with Gasteiger partial charge in [0.1, 0.15) is 5.82 Å². The molecule has 0 aromatic carbocycles. The summed E-state index contributed by atoms with van der Waals surface area (Å²) in [6, 6.07) is 4.21. The standard InChI is InChI=1S/C14H23N3O/c1-2-3-4-7-15-13-5-6-14(16-12-13)17-8-10-18-11-9-17/h5-6,12,15H,2-4,7-11H2,1H3. The van der Waals surface area contributed by atoms with Gasteiger partial charge in [0.2, 0.25) is 0 Å². The number of unbranched alkanes of at least 4 members (excludes halogenated alkanes) is 2. The molecule has 18 heavy (non-hydrogen) atoms. The Kier molecular flexibility index (Phi) is 5.27. The van der Waals surface area contributed by atoms with Crippen LogP contribution in [0.5, 0.6) is 0 Å². The average molecular weight is 249 g/mol. The zero-order valence-corrected chi connectivity index (χ0v) is 11.2. The zero-order valence-electron chi connectivity index (χ0n) is 11.2. The van der Waals surface area contributed by atoms with Crippen molar-refractivity contribution in [1.29, 1.82) is 0 Å². The van der Waals surface area contributed by atoms with Crippen molar-refractivity contribution in [2.24, 2.45) is 0 Å². The van der Waals surface area contributed by atoms with Crippen LogP contribution in [-0.4, -0.2) is 37.8 Å². The van der Waals surface area contributed by atoms with E-state index in [1.54, 1.807) is 0 Å². The molecule has 0 unspecified atom stereocenters. The minimum absolute atomic E-state index is 0.804. The summed E-state index contributed by atoms with van der Waals surface area (Å²) in [5, 5.41) is 3.40. The third-order valence-electron chi connectivity index (χ3n) is 3.19. The molecule has 1 N–H and O–H groups in total. The molecule has 100 valence electrons. The number of nitrogens with zero attached hydrogens (tertiary/aromatic N) is 2. The monoisotopic (exact) mass is 249 g/mol. The van der Waals surface area contributed by atoms with E-state index in [0.717, 1.165) is 44.4 Å². The molecule has 0 radical (unpaired) electrons. The van der Waals surface area contributed by atoms with E-state index in [4.69, 9.17) is 4.74 Å². The van der Waals surface area contributed by atoms with Crippen LogP contribution in [0, 0.1) is 0 Å². The van der Waals surface area contributed by atoms with Crippen molar-refractivity contribution >= 4 is 11.5 Å². The van der Waals surface area contributed by atoms with Crippen LogP contribution in [0.15, 0.2) is 18.3 Å². The maximum Gasteiger partial charge on any atom is 0.128 e. The van der Waals surface area contributed by atoms with Crippen molar-refractivity contribution in [3.63, 3.8) is 0 Å². The quantitative estimate of drug-likeness (QED) is 0.786. The van der Waals surface area contributed by atoms with Crippen LogP contribution in [-0.2, 0) is 4.74 Å². The van der Waals surface area contributed by atoms with Gasteiger partial charge in [0.25, 0.3) is 0 Å². The van der Waals surface area contributed by atoms with Crippen LogP contribution in [0.2, 0.25) is 0 Å². The zero-order chi connectivity index (χ0) is 12.6. The number of nitrogens with one attached hydrogen (secondary N) is 1. The molecule has 0 spiro atoms. The lowest BCUT2D eigenvalue weighted by Crippen LogP contribution is -2.36. The number of pyridine rings is 1. The molecule has 1 aromatic rings. The Hall–Kier alpha value is -1.29. The molecule has 1 saturated heterocycles. The van der Waals surface area contributed by atoms with Gasteiger partial charge in [-0.25, -0.2) is 4.98 Å². The fourth-order valence-corrected chi connectivity index (χ4v) is 2.08. The smallest absolute Gasteiger partial charge is 0.128 e. The van der Waals surface area contributed by atoms with Crippen molar-refractivity contribution in [3.05, 3.63) is 18.3 Å². The summed E-state index contributed by atoms with van der Waals surface area (Å²) in [4.78, 5) is 6.78. The van der Waals surface area contributed by atoms with Gasteiger partial charge in [-0.2, -0.15) is 0 Å². The molecule has 0 atom stereocenters. The lowest BCUT2D eigenvalue weighted by Gasteiger charge is -2.27. The maximum absolute atomic E-state index is 5.34. The van der Waals surface area contributed by atoms with Crippen LogP contribution in [0.1, 0.15) is 26.2 Å². The van der Waals surface area contributed by atoms with Gasteiger partial charge in [-0.1, -0.05) is 19.8 Å². The molecular formula is C14H23N3O. The number of hydrogen-bond donors (Lipinski definition) is 1. The van der Waals surface area contributed by atoms with E-state index >= 15 is 0 Å². The van der Waals surface area contributed by atoms with Crippen molar-refractivity contribution in [2.45, 2.75) is 26.2 Å². The average Bonchev–Trinajstić information content (AvgIpc) is 2.45. The highest BCUT2D eigenvalue weighted by Crippen LogP contribution is 2.15. The largest absolute Gasteiger partial charge is 0.384 e. The lowest BCUT2D eigenvalue weighted by molar-refractivity contribution is 0.122. The van der Waals surface area contributed by atoms with E-state index in [2.05, 4.69) is 34.3 Å². The molecule has 0 aliphatic carbocycles. The molecule has 4 nitrogen and oxygen atoms in total. The summed E-state index contributed by atoms with van der Waals surface area (Å²) in [5.41, 5.74) is 1.11. The fourth-order valence-electron chi connectivity index (χ4n) is 2.08. The molecular weight excluding hydrogens is 226 g/mol. The molecule has 1 fully saturated rings. The molecule has 0 saturated carbocycles. The second-order valence-electron chi connectivity index (χ2n) is 4.64. The fraction of sp³-hybridized carbons (Fsp3) is 0.643. The highest BCUT2D eigenvalue weighted by atomic mass is 16.5. The van der Waals surface area contributed by atoms with Gasteiger partial charge in [-0.05, 0) is 18.6 Å². The van der Waals surface area contributed by atoms with Crippen LogP contribution in [0.4, 0.5) is 11.5 Å². The first kappa shape index (κ1) is 13.1. The van der Waals surface area contributed by atoms with Crippen LogP contribution in [0.25, 0.3) is 0 Å². The number of aromatic nitrogens is 1. The van der Waals surface area contributed by atoms with E-state index in [0.29, 0.717) is 0 Å². The second-order valence-corrected chi connectivity index (χ2v) is 4.64. The van der Waals surface area contributed by atoms with Gasteiger partial charge >= 0.3 is 0 Å². The SMILES string of the molecule is CCCCCNc1ccc(N2CCOCC2)nc1. The number of anilines is 2. The number of rotatable bonds is 6. The Balaban J connectivity index is 1.81. The van der Waals surface area contributed by atoms with Crippen molar-refractivity contribution < 1.29 is 4.74 Å². The summed E-state index contributed by atoms with van der Waals surface area (Å²) in [6.07, 6.45) is 5.70. The number of morpholine rings is 1. The summed E-state index contributed by atoms with van der Waals surface area (Å²) < 4.78 is 5.34. The third-order valence-corrected chi connectivity index (χ3v) is 3.19. The molecule has 2 rings (SSSR count). The summed E-state index contributed by atoms with van der Waals surface area (Å²) in [5.74, 6) is 1.05. The van der Waals surface area contributed by atoms with Crippen molar-refractivity contribution in [1.82, 2.24) is 4.98 Å². The van der Waals surface area contributed by atoms with E-state index in [-0.39, 0.29) is 0 Å². The van der Waals surface area contributed by atoms with Crippen LogP contribution < -0.4 is 10.2 Å². The Morgan fingerprint density at radius 1 is 1.28 bits per heavy atom. The summed E-state index contributed by atoms with van der Waals surface area (Å²) in [6.45, 7) is 6.75. The third kappa shape index (κ3) is 3.88. The highest BCUT2D eigenvalue weighted by molar-refractivity contribution is 5.48. The molecule has 1 aromatic heterocycles. The summed E-state index contributed by atoms with van der Waals surface area (Å²) >= 11 is 0. The Bertz CT molecular complexity index is 333. The van der Waals surface area contributed by atoms with Gasteiger partial charge in [0, 0.05) is 19.6 Å². The van der Waals surface area contributed by atoms with E-state index < -0.39 is 0 Å². The number of ether oxygens (including phenoxy) is 1. The number of hydrogen-bond acceptors (Lipinski definition) is 4. The first-order chi connectivity index (χ1) is 8.90.